The lowest BCUT2D eigenvalue weighted by molar-refractivity contribution is -0.125. The van der Waals surface area contributed by atoms with Crippen molar-refractivity contribution in [2.45, 2.75) is 92.2 Å². The van der Waals surface area contributed by atoms with Crippen molar-refractivity contribution < 1.29 is 14.3 Å². The summed E-state index contributed by atoms with van der Waals surface area (Å²) in [6.45, 7) is 12.1. The van der Waals surface area contributed by atoms with Crippen LogP contribution in [-0.2, 0) is 36.2 Å². The molecule has 5 rings (SSSR count). The summed E-state index contributed by atoms with van der Waals surface area (Å²) in [6.07, 6.45) is 4.71. The first-order valence-electron chi connectivity index (χ1n) is 13.3. The molecule has 1 N–H and O–H groups in total. The SMILES string of the molecule is CC.CCC(C)Cc1c([C@](O)(C=O)CC)cc2n(c1=O)Cc1c-2nc2cc(F)c(C)c3c2c1CCC3. The van der Waals surface area contributed by atoms with Gasteiger partial charge in [-0.3, -0.25) is 9.59 Å². The van der Waals surface area contributed by atoms with Gasteiger partial charge in [-0.05, 0) is 67.7 Å². The zero-order valence-corrected chi connectivity index (χ0v) is 22.3. The molecule has 0 bridgehead atoms. The second-order valence-electron chi connectivity index (χ2n) is 10.1. The van der Waals surface area contributed by atoms with Crippen molar-refractivity contribution in [1.82, 2.24) is 9.55 Å². The molecule has 0 amide bonds. The van der Waals surface area contributed by atoms with Crippen molar-refractivity contribution in [1.29, 1.82) is 0 Å². The fourth-order valence-electron chi connectivity index (χ4n) is 5.72. The number of carbonyl (C=O) groups excluding carboxylic acids is 1. The van der Waals surface area contributed by atoms with Gasteiger partial charge < -0.3 is 9.67 Å². The number of aromatic nitrogens is 2. The Bertz CT molecular complexity index is 1410. The zero-order valence-electron chi connectivity index (χ0n) is 22.3. The minimum Gasteiger partial charge on any atom is -0.378 e. The molecule has 0 fully saturated rings. The Morgan fingerprint density at radius 3 is 2.53 bits per heavy atom. The van der Waals surface area contributed by atoms with Gasteiger partial charge in [-0.2, -0.15) is 0 Å². The molecule has 0 radical (unpaired) electrons. The van der Waals surface area contributed by atoms with Crippen LogP contribution in [0.1, 0.15) is 87.3 Å². The van der Waals surface area contributed by atoms with E-state index in [1.165, 1.54) is 6.07 Å². The van der Waals surface area contributed by atoms with Gasteiger partial charge in [0.15, 0.2) is 6.29 Å². The molecule has 3 heterocycles. The summed E-state index contributed by atoms with van der Waals surface area (Å²) < 4.78 is 16.4. The number of benzene rings is 1. The van der Waals surface area contributed by atoms with Crippen LogP contribution in [0.5, 0.6) is 0 Å². The number of hydrogen-bond acceptors (Lipinski definition) is 4. The van der Waals surface area contributed by atoms with Gasteiger partial charge in [-0.15, -0.1) is 0 Å². The van der Waals surface area contributed by atoms with Gasteiger partial charge in [0.2, 0.25) is 0 Å². The Labute approximate surface area is 212 Å². The number of halogens is 1. The molecular formula is C30H37FN2O3. The summed E-state index contributed by atoms with van der Waals surface area (Å²) in [6, 6.07) is 3.28. The van der Waals surface area contributed by atoms with Crippen molar-refractivity contribution in [2.24, 2.45) is 5.92 Å². The fourth-order valence-corrected chi connectivity index (χ4v) is 5.72. The third-order valence-corrected chi connectivity index (χ3v) is 8.08. The topological polar surface area (TPSA) is 72.2 Å². The second kappa shape index (κ2) is 9.89. The van der Waals surface area contributed by atoms with E-state index in [9.17, 15) is 19.1 Å². The van der Waals surface area contributed by atoms with Crippen molar-refractivity contribution in [3.05, 3.63) is 61.7 Å². The molecule has 0 spiro atoms. The Hall–Kier alpha value is -2.86. The number of rotatable bonds is 6. The standard InChI is InChI=1S/C28H31FN2O3.C2H6/c1-5-15(3)10-19-21(28(34,6-2)14-32)11-24-26-20(13-31(24)27(19)33)18-9-7-8-17-16(4)22(29)12-23(30-26)25(17)18;1-2/h11-12,14-15,34H,5-10,13H2,1-4H3;1-2H3/t15?,28-;/m1./s1. The molecule has 6 heteroatoms. The van der Waals surface area contributed by atoms with Gasteiger partial charge in [0.25, 0.3) is 5.56 Å². The van der Waals surface area contributed by atoms with E-state index in [-0.39, 0.29) is 23.7 Å². The lowest BCUT2D eigenvalue weighted by Gasteiger charge is -2.25. The Balaban J connectivity index is 0.00000148. The van der Waals surface area contributed by atoms with Crippen LogP contribution in [-0.4, -0.2) is 20.9 Å². The summed E-state index contributed by atoms with van der Waals surface area (Å²) >= 11 is 0. The average Bonchev–Trinajstić information content (AvgIpc) is 3.28. The highest BCUT2D eigenvalue weighted by atomic mass is 19.1. The number of hydrogen-bond donors (Lipinski definition) is 1. The van der Waals surface area contributed by atoms with Gasteiger partial charge in [0, 0.05) is 28.1 Å². The first-order chi connectivity index (χ1) is 17.2. The minimum atomic E-state index is -1.73. The van der Waals surface area contributed by atoms with Crippen LogP contribution in [0.15, 0.2) is 16.9 Å². The highest BCUT2D eigenvalue weighted by Crippen LogP contribution is 2.42. The molecule has 0 saturated heterocycles. The molecule has 2 atom stereocenters. The first kappa shape index (κ1) is 26.2. The summed E-state index contributed by atoms with van der Waals surface area (Å²) in [5.74, 6) is -0.0268. The maximum absolute atomic E-state index is 14.7. The molecule has 5 nitrogen and oxygen atoms in total. The van der Waals surface area contributed by atoms with Crippen molar-refractivity contribution in [3.63, 3.8) is 0 Å². The maximum atomic E-state index is 14.7. The largest absolute Gasteiger partial charge is 0.378 e. The van der Waals surface area contributed by atoms with Crippen LogP contribution >= 0.6 is 0 Å². The summed E-state index contributed by atoms with van der Waals surface area (Å²) in [4.78, 5) is 30.7. The van der Waals surface area contributed by atoms with Gasteiger partial charge in [-0.1, -0.05) is 41.0 Å². The summed E-state index contributed by atoms with van der Waals surface area (Å²) in [7, 11) is 0. The molecule has 2 aliphatic rings. The Morgan fingerprint density at radius 2 is 1.89 bits per heavy atom. The molecule has 3 aromatic rings. The number of carbonyl (C=O) groups is 1. The predicted molar refractivity (Wildman–Crippen MR) is 142 cm³/mol. The van der Waals surface area contributed by atoms with Crippen LogP contribution in [0.2, 0.25) is 0 Å². The molecule has 36 heavy (non-hydrogen) atoms. The minimum absolute atomic E-state index is 0.171. The molecule has 2 aromatic heterocycles. The molecule has 1 aliphatic heterocycles. The second-order valence-corrected chi connectivity index (χ2v) is 10.1. The predicted octanol–water partition coefficient (Wildman–Crippen LogP) is 5.77. The van der Waals surface area contributed by atoms with Gasteiger partial charge in [0.1, 0.15) is 11.4 Å². The third kappa shape index (κ3) is 3.90. The average molecular weight is 493 g/mol. The van der Waals surface area contributed by atoms with Crippen LogP contribution in [0.3, 0.4) is 0 Å². The van der Waals surface area contributed by atoms with Crippen LogP contribution in [0.25, 0.3) is 22.3 Å². The molecule has 192 valence electrons. The highest BCUT2D eigenvalue weighted by molar-refractivity contribution is 5.92. The number of aliphatic hydroxyl groups is 1. The highest BCUT2D eigenvalue weighted by Gasteiger charge is 2.36. The zero-order chi connectivity index (χ0) is 26.4. The van der Waals surface area contributed by atoms with Crippen LogP contribution in [0, 0.1) is 18.7 Å². The van der Waals surface area contributed by atoms with E-state index in [0.717, 1.165) is 47.8 Å². The molecule has 0 saturated carbocycles. The van der Waals surface area contributed by atoms with E-state index in [4.69, 9.17) is 4.98 Å². The quantitative estimate of drug-likeness (QED) is 0.347. The smallest absolute Gasteiger partial charge is 0.254 e. The summed E-state index contributed by atoms with van der Waals surface area (Å²) in [5.41, 5.74) is 4.71. The summed E-state index contributed by atoms with van der Waals surface area (Å²) in [5, 5.41) is 12.2. The van der Waals surface area contributed by atoms with E-state index in [0.29, 0.717) is 52.8 Å². The van der Waals surface area contributed by atoms with E-state index < -0.39 is 5.60 Å². The van der Waals surface area contributed by atoms with E-state index in [2.05, 4.69) is 13.8 Å². The van der Waals surface area contributed by atoms with E-state index in [1.807, 2.05) is 20.8 Å². The van der Waals surface area contributed by atoms with E-state index >= 15 is 0 Å². The van der Waals surface area contributed by atoms with E-state index in [1.54, 1.807) is 17.6 Å². The maximum Gasteiger partial charge on any atom is 0.254 e. The van der Waals surface area contributed by atoms with Crippen LogP contribution < -0.4 is 5.56 Å². The molecule has 1 aliphatic carbocycles. The third-order valence-electron chi connectivity index (χ3n) is 8.08. The van der Waals surface area contributed by atoms with Crippen LogP contribution in [0.4, 0.5) is 4.39 Å². The number of aryl methyl sites for hydroxylation is 2. The number of aldehydes is 1. The van der Waals surface area contributed by atoms with Gasteiger partial charge in [-0.25, -0.2) is 9.37 Å². The first-order valence-corrected chi connectivity index (χ1v) is 13.3. The lowest BCUT2D eigenvalue weighted by atomic mass is 9.84. The number of fused-ring (bicyclic) bond motifs is 4. The molecule has 1 unspecified atom stereocenters. The van der Waals surface area contributed by atoms with Crippen molar-refractivity contribution in [2.75, 3.05) is 0 Å². The number of nitrogens with zero attached hydrogens (tertiary/aromatic N) is 2. The van der Waals surface area contributed by atoms with Gasteiger partial charge >= 0.3 is 0 Å². The molecular weight excluding hydrogens is 455 g/mol. The monoisotopic (exact) mass is 492 g/mol. The van der Waals surface area contributed by atoms with Gasteiger partial charge in [0.05, 0.1) is 23.4 Å². The normalized spacial score (nSPS) is 16.0. The lowest BCUT2D eigenvalue weighted by Crippen LogP contribution is -2.34. The van der Waals surface area contributed by atoms with Crippen molar-refractivity contribution in [3.8, 4) is 11.4 Å². The Morgan fingerprint density at radius 1 is 1.19 bits per heavy atom. The Kier molecular flexibility index (Phi) is 7.20. The fraction of sp³-hybridized carbons (Fsp3) is 0.500. The number of pyridine rings is 2. The van der Waals surface area contributed by atoms with Crippen molar-refractivity contribution >= 4 is 17.2 Å². The molecule has 1 aromatic carbocycles.